The molecule has 6 nitrogen and oxygen atoms in total. The number of carbonyl (C=O) groups is 2. The summed E-state index contributed by atoms with van der Waals surface area (Å²) in [4.78, 5) is 29.2. The van der Waals surface area contributed by atoms with Gasteiger partial charge in [0.2, 0.25) is 0 Å². The Bertz CT molecular complexity index is 678. The van der Waals surface area contributed by atoms with E-state index in [1.807, 2.05) is 6.92 Å². The third kappa shape index (κ3) is 3.60. The first kappa shape index (κ1) is 21.4. The Labute approximate surface area is 160 Å². The normalized spacial score (nSPS) is 33.8. The second kappa shape index (κ2) is 7.98. The third-order valence-electron chi connectivity index (χ3n) is 6.52. The van der Waals surface area contributed by atoms with Crippen molar-refractivity contribution in [3.05, 3.63) is 36.0 Å². The zero-order chi connectivity index (χ0) is 20.4. The maximum Gasteiger partial charge on any atom is 0.333 e. The summed E-state index contributed by atoms with van der Waals surface area (Å²) in [5, 5.41) is 9.96. The Morgan fingerprint density at radius 3 is 2.44 bits per heavy atom. The molecule has 2 aliphatic rings. The van der Waals surface area contributed by atoms with E-state index in [0.29, 0.717) is 36.0 Å². The number of carbonyl (C=O) groups excluding carboxylic acids is 2. The molecule has 2 rings (SSSR count). The lowest BCUT2D eigenvalue weighted by molar-refractivity contribution is -0.357. The molecule has 0 bridgehead atoms. The van der Waals surface area contributed by atoms with E-state index in [9.17, 15) is 14.8 Å². The fourth-order valence-corrected chi connectivity index (χ4v) is 4.39. The molecule has 2 fully saturated rings. The molecule has 0 heterocycles. The smallest absolute Gasteiger partial charge is 0.333 e. The van der Waals surface area contributed by atoms with E-state index in [4.69, 9.17) is 14.4 Å². The summed E-state index contributed by atoms with van der Waals surface area (Å²) in [6.45, 7) is 13.5. The van der Waals surface area contributed by atoms with Crippen molar-refractivity contribution in [2.24, 2.45) is 11.3 Å². The molecule has 0 aromatic carbocycles. The summed E-state index contributed by atoms with van der Waals surface area (Å²) in [5.41, 5.74) is -0.0915. The van der Waals surface area contributed by atoms with Gasteiger partial charge in [0.25, 0.3) is 0 Å². The lowest BCUT2D eigenvalue weighted by atomic mass is 9.52. The van der Waals surface area contributed by atoms with Crippen molar-refractivity contribution in [1.82, 2.24) is 0 Å². The molecule has 0 amide bonds. The largest absolute Gasteiger partial charge is 0.466 e. The highest BCUT2D eigenvalue weighted by atomic mass is 17.1. The lowest BCUT2D eigenvalue weighted by Gasteiger charge is -2.56. The summed E-state index contributed by atoms with van der Waals surface area (Å²) < 4.78 is 10.4. The monoisotopic (exact) mass is 378 g/mol. The maximum absolute atomic E-state index is 12.2. The van der Waals surface area contributed by atoms with Crippen molar-refractivity contribution in [3.63, 3.8) is 0 Å². The van der Waals surface area contributed by atoms with Crippen molar-refractivity contribution in [3.8, 4) is 0 Å². The summed E-state index contributed by atoms with van der Waals surface area (Å²) in [7, 11) is 1.32. The van der Waals surface area contributed by atoms with E-state index < -0.39 is 23.6 Å². The number of allylic oxidation sites excluding steroid dienone is 1. The SMILES string of the molecule is C=C(C(=O)OC)[C@@H]1CC[C@@]2(C)CC[C@@H](OC(=O)/C(C)=C\C)C(=C)[C@]2(OO)C1. The van der Waals surface area contributed by atoms with Gasteiger partial charge >= 0.3 is 11.9 Å². The van der Waals surface area contributed by atoms with Gasteiger partial charge in [0.05, 0.1) is 7.11 Å². The maximum atomic E-state index is 12.2. The Morgan fingerprint density at radius 2 is 1.89 bits per heavy atom. The molecule has 0 aromatic rings. The van der Waals surface area contributed by atoms with Crippen LogP contribution >= 0.6 is 0 Å². The van der Waals surface area contributed by atoms with E-state index in [2.05, 4.69) is 13.2 Å². The Kier molecular flexibility index (Phi) is 6.32. The minimum atomic E-state index is -1.11. The van der Waals surface area contributed by atoms with Crippen LogP contribution in [0.25, 0.3) is 0 Å². The van der Waals surface area contributed by atoms with E-state index in [0.717, 1.165) is 12.8 Å². The first-order valence-electron chi connectivity index (χ1n) is 9.28. The fourth-order valence-electron chi connectivity index (χ4n) is 4.39. The van der Waals surface area contributed by atoms with Gasteiger partial charge in [0.15, 0.2) is 0 Å². The van der Waals surface area contributed by atoms with Crippen LogP contribution in [0.5, 0.6) is 0 Å². The minimum absolute atomic E-state index is 0.207. The summed E-state index contributed by atoms with van der Waals surface area (Å²) in [6, 6.07) is 0. The van der Waals surface area contributed by atoms with Crippen molar-refractivity contribution >= 4 is 11.9 Å². The highest BCUT2D eigenvalue weighted by Crippen LogP contribution is 2.59. The van der Waals surface area contributed by atoms with Crippen LogP contribution in [0, 0.1) is 11.3 Å². The topological polar surface area (TPSA) is 82.1 Å². The zero-order valence-electron chi connectivity index (χ0n) is 16.7. The van der Waals surface area contributed by atoms with Crippen molar-refractivity contribution in [2.75, 3.05) is 7.11 Å². The molecule has 0 spiro atoms. The minimum Gasteiger partial charge on any atom is -0.466 e. The molecule has 0 saturated heterocycles. The molecule has 0 radical (unpaired) electrons. The van der Waals surface area contributed by atoms with E-state index in [1.54, 1.807) is 19.9 Å². The van der Waals surface area contributed by atoms with Gasteiger partial charge in [0.1, 0.15) is 11.7 Å². The van der Waals surface area contributed by atoms with Gasteiger partial charge in [-0.05, 0) is 57.4 Å². The second-order valence-corrected chi connectivity index (χ2v) is 7.87. The highest BCUT2D eigenvalue weighted by Gasteiger charge is 2.60. The molecule has 2 saturated carbocycles. The number of ether oxygens (including phenoxy) is 2. The first-order chi connectivity index (χ1) is 12.7. The number of esters is 2. The lowest BCUT2D eigenvalue weighted by Crippen LogP contribution is -2.59. The third-order valence-corrected chi connectivity index (χ3v) is 6.52. The molecule has 2 aliphatic carbocycles. The predicted molar refractivity (Wildman–Crippen MR) is 101 cm³/mol. The number of methoxy groups -OCH3 is 1. The average molecular weight is 378 g/mol. The van der Waals surface area contributed by atoms with Gasteiger partial charge in [-0.15, -0.1) is 0 Å². The van der Waals surface area contributed by atoms with Crippen LogP contribution < -0.4 is 0 Å². The van der Waals surface area contributed by atoms with Gasteiger partial charge in [-0.3, -0.25) is 5.26 Å². The van der Waals surface area contributed by atoms with Crippen LogP contribution in [0.3, 0.4) is 0 Å². The highest BCUT2D eigenvalue weighted by molar-refractivity contribution is 5.88. The predicted octanol–water partition coefficient (Wildman–Crippen LogP) is 3.98. The van der Waals surface area contributed by atoms with Gasteiger partial charge < -0.3 is 9.47 Å². The fraction of sp³-hybridized carbons (Fsp3) is 0.619. The number of hydrogen-bond donors (Lipinski definition) is 1. The van der Waals surface area contributed by atoms with Crippen LogP contribution in [0.1, 0.15) is 52.9 Å². The number of fused-ring (bicyclic) bond motifs is 1. The molecule has 0 unspecified atom stereocenters. The van der Waals surface area contributed by atoms with Crippen LogP contribution in [-0.4, -0.2) is 36.0 Å². The molecular formula is C21H30O6. The van der Waals surface area contributed by atoms with Crippen molar-refractivity contribution in [2.45, 2.75) is 64.6 Å². The molecule has 1 N–H and O–H groups in total. The van der Waals surface area contributed by atoms with Crippen molar-refractivity contribution < 1.29 is 29.2 Å². The van der Waals surface area contributed by atoms with Crippen LogP contribution in [0.2, 0.25) is 0 Å². The Hall–Kier alpha value is -1.92. The van der Waals surface area contributed by atoms with Gasteiger partial charge in [-0.2, -0.15) is 0 Å². The standard InChI is InChI=1S/C21H30O6/c1-7-13(2)18(22)26-17-9-11-20(5)10-8-16(14(3)19(23)25-6)12-21(20,27-24)15(17)4/h7,16-17,24H,3-4,8-12H2,1-2,5-6H3/b13-7-/t16-,17-,20+,21-/m1/s1. The second-order valence-electron chi connectivity index (χ2n) is 7.87. The molecular weight excluding hydrogens is 348 g/mol. The number of hydrogen-bond acceptors (Lipinski definition) is 6. The van der Waals surface area contributed by atoms with Crippen LogP contribution in [-0.2, 0) is 24.0 Å². The molecule has 27 heavy (non-hydrogen) atoms. The van der Waals surface area contributed by atoms with Crippen LogP contribution in [0.4, 0.5) is 0 Å². The summed E-state index contributed by atoms with van der Waals surface area (Å²) >= 11 is 0. The quantitative estimate of drug-likeness (QED) is 0.256. The molecule has 6 heteroatoms. The molecule has 150 valence electrons. The molecule has 4 atom stereocenters. The zero-order valence-corrected chi connectivity index (χ0v) is 16.7. The Balaban J connectivity index is 2.31. The molecule has 0 aliphatic heterocycles. The first-order valence-corrected chi connectivity index (χ1v) is 9.28. The van der Waals surface area contributed by atoms with Crippen LogP contribution in [0.15, 0.2) is 36.0 Å². The van der Waals surface area contributed by atoms with Gasteiger partial charge in [0, 0.05) is 16.6 Å². The van der Waals surface area contributed by atoms with E-state index in [-0.39, 0.29) is 11.3 Å². The van der Waals surface area contributed by atoms with Gasteiger partial charge in [-0.1, -0.05) is 26.2 Å². The van der Waals surface area contributed by atoms with E-state index in [1.165, 1.54) is 7.11 Å². The van der Waals surface area contributed by atoms with Crippen molar-refractivity contribution in [1.29, 1.82) is 0 Å². The summed E-state index contributed by atoms with van der Waals surface area (Å²) in [5.74, 6) is -1.09. The van der Waals surface area contributed by atoms with E-state index >= 15 is 0 Å². The van der Waals surface area contributed by atoms with Gasteiger partial charge in [-0.25, -0.2) is 14.5 Å². The number of rotatable bonds is 5. The average Bonchev–Trinajstić information content (AvgIpc) is 2.68. The molecule has 0 aromatic heterocycles. The summed E-state index contributed by atoms with van der Waals surface area (Å²) in [6.07, 6.45) is 4.25. The Morgan fingerprint density at radius 1 is 1.26 bits per heavy atom.